The van der Waals surface area contributed by atoms with Gasteiger partial charge in [0.2, 0.25) is 0 Å². The van der Waals surface area contributed by atoms with Gasteiger partial charge in [-0.25, -0.2) is 0 Å². The molecule has 8 N–H and O–H groups in total. The van der Waals surface area contributed by atoms with Gasteiger partial charge in [0.1, 0.15) is 22.8 Å². The monoisotopic (exact) mass is 908 g/mol. The first-order valence-corrected chi connectivity index (χ1v) is 19.7. The second-order valence-corrected chi connectivity index (χ2v) is 14.4. The summed E-state index contributed by atoms with van der Waals surface area (Å²) in [6.45, 7) is 1.81. The molecule has 4 heterocycles. The summed E-state index contributed by atoms with van der Waals surface area (Å²) in [5.74, 6) is -2.10. The summed E-state index contributed by atoms with van der Waals surface area (Å²) >= 11 is 6.95. The highest BCUT2D eigenvalue weighted by atomic mass is 79.9. The third kappa shape index (κ3) is 10.6. The van der Waals surface area contributed by atoms with Crippen LogP contribution in [-0.2, 0) is 28.2 Å². The molecule has 21 heteroatoms. The number of carbonyl (C=O) groups is 5. The first-order valence-electron chi connectivity index (χ1n) is 17.4. The fourth-order valence-electron chi connectivity index (χ4n) is 5.76. The number of hydrogen-bond acceptors (Lipinski definition) is 9. The van der Waals surface area contributed by atoms with Crippen LogP contribution < -0.4 is 37.2 Å². The number of amidine groups is 1. The minimum Gasteiger partial charge on any atom is -0.388 e. The molecule has 5 amide bonds. The second-order valence-electron chi connectivity index (χ2n) is 12.8. The molecule has 0 aliphatic rings. The maximum Gasteiger partial charge on any atom is 0.274 e. The highest BCUT2D eigenvalue weighted by molar-refractivity contribution is 9.09. The molecule has 0 saturated carbocycles. The van der Waals surface area contributed by atoms with Gasteiger partial charge in [0.05, 0.1) is 17.2 Å². The van der Waals surface area contributed by atoms with Crippen LogP contribution in [0.5, 0.6) is 0 Å². The van der Waals surface area contributed by atoms with Gasteiger partial charge >= 0.3 is 0 Å². The van der Waals surface area contributed by atoms with Crippen molar-refractivity contribution in [3.8, 4) is 0 Å². The third-order valence-corrected chi connectivity index (χ3v) is 9.29. The van der Waals surface area contributed by atoms with Crippen molar-refractivity contribution in [2.75, 3.05) is 56.5 Å². The number of anilines is 5. The summed E-state index contributed by atoms with van der Waals surface area (Å²) in [5, 5.41) is 30.9. The summed E-state index contributed by atoms with van der Waals surface area (Å²) in [7, 11) is 6.40. The molecule has 0 radical (unpaired) electrons. The van der Waals surface area contributed by atoms with Crippen molar-refractivity contribution in [3.63, 3.8) is 0 Å². The number of nitrogens with zero attached hydrogens (tertiary/aromatic N) is 7. The van der Waals surface area contributed by atoms with Crippen molar-refractivity contribution in [3.05, 3.63) is 89.3 Å². The summed E-state index contributed by atoms with van der Waals surface area (Å²) in [6, 6.07) is 13.1. The molecule has 0 unspecified atom stereocenters. The average molecular weight is 911 g/mol. The van der Waals surface area contributed by atoms with E-state index in [1.807, 2.05) is 12.1 Å². The van der Waals surface area contributed by atoms with E-state index in [4.69, 9.17) is 11.1 Å². The molecule has 300 valence electrons. The molecule has 5 aromatic rings. The fraction of sp³-hybridized carbons (Fsp3) is 0.278. The van der Waals surface area contributed by atoms with Crippen LogP contribution in [0.3, 0.4) is 0 Å². The molecule has 5 rings (SSSR count). The largest absolute Gasteiger partial charge is 0.388 e. The number of aromatic nitrogens is 6. The van der Waals surface area contributed by atoms with Gasteiger partial charge < -0.3 is 46.4 Å². The summed E-state index contributed by atoms with van der Waals surface area (Å²) in [4.78, 5) is 67.4. The number of halogens is 2. The molecular formula is C36H42Br2N14O5. The van der Waals surface area contributed by atoms with Crippen molar-refractivity contribution in [1.29, 1.82) is 5.41 Å². The van der Waals surface area contributed by atoms with Crippen molar-refractivity contribution in [2.45, 2.75) is 6.42 Å². The summed E-state index contributed by atoms with van der Waals surface area (Å²) in [6.07, 6.45) is 3.33. The van der Waals surface area contributed by atoms with Gasteiger partial charge in [-0.1, -0.05) is 31.9 Å². The summed E-state index contributed by atoms with van der Waals surface area (Å²) < 4.78 is 5.71. The van der Waals surface area contributed by atoms with Crippen molar-refractivity contribution in [1.82, 2.24) is 34.0 Å². The first-order chi connectivity index (χ1) is 27.2. The Balaban J connectivity index is 1.17. The Morgan fingerprint density at radius 2 is 1.12 bits per heavy atom. The zero-order valence-electron chi connectivity index (χ0n) is 31.5. The number of nitrogens with two attached hydrogens (primary N) is 1. The lowest BCUT2D eigenvalue weighted by atomic mass is 10.2. The summed E-state index contributed by atoms with van der Waals surface area (Å²) in [5.41, 5.74) is 8.20. The lowest BCUT2D eigenvalue weighted by molar-refractivity contribution is 0.0942. The number of benzene rings is 1. The fourth-order valence-corrected chi connectivity index (χ4v) is 6.61. The quantitative estimate of drug-likeness (QED) is 0.0410. The Labute approximate surface area is 344 Å². The minimum atomic E-state index is -0.533. The van der Waals surface area contributed by atoms with Crippen molar-refractivity contribution < 1.29 is 24.0 Å². The molecule has 0 aliphatic carbocycles. The topological polar surface area (TPSA) is 244 Å². The molecule has 0 bridgehead atoms. The number of amides is 5. The van der Waals surface area contributed by atoms with Gasteiger partial charge in [-0.2, -0.15) is 10.2 Å². The standard InChI is InChI=1S/C36H42Br2N14O5/c1-48-20-23(43-36(57)28-18-30(46-51(28)4)44-32(53)21-5-7-24(8-6-21)52(13-10-37)14-11-38)15-25(48)34(55)42-22-16-26(49(2)19-22)35(56)45-31-17-27(50(3)47-31)33(54)41-12-9-29(39)40/h5-8,15-20H,9-14H2,1-4H3,(H3,39,40)(H,41,54)(H,42,55)(H,43,57)(H,44,46,53)(H,45,47,56). The second kappa shape index (κ2) is 18.6. The van der Waals surface area contributed by atoms with Crippen LogP contribution in [0.15, 0.2) is 60.9 Å². The van der Waals surface area contributed by atoms with Gasteiger partial charge in [0, 0.05) is 101 Å². The van der Waals surface area contributed by atoms with Gasteiger partial charge in [-0.15, -0.1) is 0 Å². The molecule has 0 saturated heterocycles. The van der Waals surface area contributed by atoms with E-state index in [1.54, 1.807) is 52.7 Å². The Morgan fingerprint density at radius 1 is 0.667 bits per heavy atom. The average Bonchev–Trinajstić information content (AvgIpc) is 3.92. The Bertz CT molecular complexity index is 2300. The third-order valence-electron chi connectivity index (χ3n) is 8.58. The van der Waals surface area contributed by atoms with E-state index in [2.05, 4.69) is 73.5 Å². The number of carbonyl (C=O) groups excluding carboxylic acids is 5. The highest BCUT2D eigenvalue weighted by Gasteiger charge is 2.21. The molecule has 0 fully saturated rings. The minimum absolute atomic E-state index is 0.0538. The Hall–Kier alpha value is -6.22. The van der Waals surface area contributed by atoms with E-state index in [9.17, 15) is 24.0 Å². The van der Waals surface area contributed by atoms with E-state index >= 15 is 0 Å². The van der Waals surface area contributed by atoms with Crippen LogP contribution >= 0.6 is 31.9 Å². The molecule has 19 nitrogen and oxygen atoms in total. The van der Waals surface area contributed by atoms with Crippen LogP contribution in [0.2, 0.25) is 0 Å². The normalized spacial score (nSPS) is 10.8. The molecule has 57 heavy (non-hydrogen) atoms. The number of alkyl halides is 2. The number of rotatable bonds is 17. The molecular weight excluding hydrogens is 868 g/mol. The lowest BCUT2D eigenvalue weighted by Crippen LogP contribution is -2.29. The predicted octanol–water partition coefficient (Wildman–Crippen LogP) is 3.49. The SMILES string of the molecule is Cn1cc(NC(=O)c2cc(NC(=O)c3ccc(N(CCBr)CCBr)cc3)nn2C)cc1C(=O)Nc1cc(C(=O)Nc2cc(C(=O)NCCC(=N)N)n(C)n2)n(C)c1. The van der Waals surface area contributed by atoms with E-state index in [-0.39, 0.29) is 59.1 Å². The molecule has 0 spiro atoms. The zero-order chi connectivity index (χ0) is 41.4. The van der Waals surface area contributed by atoms with Crippen LogP contribution in [0.25, 0.3) is 0 Å². The van der Waals surface area contributed by atoms with E-state index in [1.165, 1.54) is 42.8 Å². The van der Waals surface area contributed by atoms with Crippen LogP contribution in [-0.4, -0.2) is 94.4 Å². The maximum atomic E-state index is 13.3. The van der Waals surface area contributed by atoms with E-state index in [0.29, 0.717) is 16.9 Å². The number of hydrogen-bond donors (Lipinski definition) is 7. The van der Waals surface area contributed by atoms with Crippen LogP contribution in [0, 0.1) is 5.41 Å². The molecule has 4 aromatic heterocycles. The molecule has 1 aromatic carbocycles. The Kier molecular flexibility index (Phi) is 13.7. The van der Waals surface area contributed by atoms with Crippen molar-refractivity contribution in [2.24, 2.45) is 33.9 Å². The van der Waals surface area contributed by atoms with Crippen LogP contribution in [0.1, 0.15) is 58.7 Å². The van der Waals surface area contributed by atoms with Gasteiger partial charge in [-0.3, -0.25) is 38.7 Å². The lowest BCUT2D eigenvalue weighted by Gasteiger charge is -2.23. The molecule has 0 atom stereocenters. The van der Waals surface area contributed by atoms with Gasteiger partial charge in [-0.05, 0) is 36.4 Å². The van der Waals surface area contributed by atoms with Gasteiger partial charge in [0.25, 0.3) is 29.5 Å². The highest BCUT2D eigenvalue weighted by Crippen LogP contribution is 2.21. The van der Waals surface area contributed by atoms with Crippen molar-refractivity contribution >= 4 is 95.9 Å². The van der Waals surface area contributed by atoms with E-state index < -0.39 is 23.6 Å². The number of nitrogens with one attached hydrogen (secondary N) is 6. The maximum absolute atomic E-state index is 13.3. The predicted molar refractivity (Wildman–Crippen MR) is 224 cm³/mol. The number of aryl methyl sites for hydroxylation is 4. The van der Waals surface area contributed by atoms with Gasteiger partial charge in [0.15, 0.2) is 11.6 Å². The van der Waals surface area contributed by atoms with E-state index in [0.717, 1.165) is 29.4 Å². The first kappa shape index (κ1) is 41.9. The Morgan fingerprint density at radius 3 is 1.61 bits per heavy atom. The smallest absolute Gasteiger partial charge is 0.274 e. The van der Waals surface area contributed by atoms with Crippen LogP contribution in [0.4, 0.5) is 28.7 Å². The zero-order valence-corrected chi connectivity index (χ0v) is 34.7. The molecule has 0 aliphatic heterocycles.